The maximum atomic E-state index is 6.51. The number of benzene rings is 6. The predicted molar refractivity (Wildman–Crippen MR) is 167 cm³/mol. The summed E-state index contributed by atoms with van der Waals surface area (Å²) >= 11 is 3.84. The molecule has 1 aromatic heterocycles. The van der Waals surface area contributed by atoms with Crippen LogP contribution in [0, 0.1) is 0 Å². The molecule has 0 saturated carbocycles. The maximum Gasteiger partial charge on any atom is 0.132 e. The first kappa shape index (κ1) is 23.3. The van der Waals surface area contributed by atoms with E-state index in [9.17, 15) is 0 Å². The molecule has 0 saturated heterocycles. The zero-order chi connectivity index (χ0) is 26.7. The lowest BCUT2D eigenvalue weighted by atomic mass is 9.63. The van der Waals surface area contributed by atoms with E-state index in [-0.39, 0.29) is 0 Å². The third kappa shape index (κ3) is 3.22. The lowest BCUT2D eigenvalue weighted by Crippen LogP contribution is -2.34. The number of para-hydroxylation sites is 4. The van der Waals surface area contributed by atoms with Crippen LogP contribution in [0.2, 0.25) is 0 Å². The summed E-state index contributed by atoms with van der Waals surface area (Å²) in [6.07, 6.45) is 0. The third-order valence-corrected chi connectivity index (χ3v) is 8.88. The van der Waals surface area contributed by atoms with E-state index in [1.165, 1.54) is 32.9 Å². The standard InChI is InChI=1S/C37H24BrNO/c38-31-17-7-9-19-33(31)39-32-18-8-4-14-27(32)28-23-22-26(24-34(28)39)37(25-12-2-1-3-13-25)29-15-5-10-20-35(29)40-36-21-11-6-16-30(36)37/h1-24H. The van der Waals surface area contributed by atoms with E-state index in [2.05, 4.69) is 166 Å². The SMILES string of the molecule is Brc1ccccc1-n1c2ccccc2c2ccc(C3(c4ccccc4)c4ccccc4Oc4ccccc43)cc21. The number of aromatic nitrogens is 1. The van der Waals surface area contributed by atoms with Crippen LogP contribution in [0.15, 0.2) is 150 Å². The molecule has 6 aromatic carbocycles. The number of hydrogen-bond donors (Lipinski definition) is 0. The van der Waals surface area contributed by atoms with Gasteiger partial charge in [0.05, 0.1) is 22.1 Å². The van der Waals surface area contributed by atoms with E-state index < -0.39 is 5.41 Å². The average molecular weight is 579 g/mol. The first-order valence-electron chi connectivity index (χ1n) is 13.5. The van der Waals surface area contributed by atoms with Crippen LogP contribution in [0.4, 0.5) is 0 Å². The van der Waals surface area contributed by atoms with E-state index in [1.807, 2.05) is 0 Å². The van der Waals surface area contributed by atoms with Crippen molar-refractivity contribution in [1.29, 1.82) is 0 Å². The second-order valence-corrected chi connectivity index (χ2v) is 11.1. The molecule has 0 atom stereocenters. The highest BCUT2D eigenvalue weighted by Gasteiger charge is 2.45. The van der Waals surface area contributed by atoms with Gasteiger partial charge in [0.15, 0.2) is 0 Å². The minimum Gasteiger partial charge on any atom is -0.457 e. The van der Waals surface area contributed by atoms with Crippen molar-refractivity contribution >= 4 is 37.7 Å². The van der Waals surface area contributed by atoms with Crippen LogP contribution in [-0.4, -0.2) is 4.57 Å². The first-order chi connectivity index (χ1) is 19.8. The Kier molecular flexibility index (Phi) is 5.23. The van der Waals surface area contributed by atoms with Gasteiger partial charge in [-0.3, -0.25) is 0 Å². The lowest BCUT2D eigenvalue weighted by Gasteiger charge is -2.41. The van der Waals surface area contributed by atoms with Gasteiger partial charge < -0.3 is 9.30 Å². The first-order valence-corrected chi connectivity index (χ1v) is 14.3. The summed E-state index contributed by atoms with van der Waals surface area (Å²) in [6.45, 7) is 0. The Morgan fingerprint density at radius 1 is 0.500 bits per heavy atom. The quantitative estimate of drug-likeness (QED) is 0.204. The zero-order valence-corrected chi connectivity index (χ0v) is 23.2. The van der Waals surface area contributed by atoms with Gasteiger partial charge >= 0.3 is 0 Å². The van der Waals surface area contributed by atoms with Crippen molar-refractivity contribution < 1.29 is 4.74 Å². The average Bonchev–Trinajstić information content (AvgIpc) is 3.34. The van der Waals surface area contributed by atoms with E-state index in [0.717, 1.165) is 32.8 Å². The Balaban J connectivity index is 1.54. The summed E-state index contributed by atoms with van der Waals surface area (Å²) in [5.41, 5.74) is 7.60. The molecule has 0 bridgehead atoms. The number of fused-ring (bicyclic) bond motifs is 5. The summed E-state index contributed by atoms with van der Waals surface area (Å²) in [7, 11) is 0. The molecule has 0 amide bonds. The molecule has 1 aliphatic rings. The predicted octanol–water partition coefficient (Wildman–Crippen LogP) is 10.0. The van der Waals surface area contributed by atoms with Gasteiger partial charge in [-0.15, -0.1) is 0 Å². The number of halogens is 1. The normalized spacial score (nSPS) is 13.5. The summed E-state index contributed by atoms with van der Waals surface area (Å²) in [5, 5.41) is 2.47. The maximum absolute atomic E-state index is 6.51. The van der Waals surface area contributed by atoms with Crippen molar-refractivity contribution in [2.24, 2.45) is 0 Å². The molecular formula is C37H24BrNO. The molecule has 7 aromatic rings. The van der Waals surface area contributed by atoms with Crippen molar-refractivity contribution in [3.05, 3.63) is 172 Å². The van der Waals surface area contributed by atoms with Crippen molar-refractivity contribution in [3.63, 3.8) is 0 Å². The van der Waals surface area contributed by atoms with Crippen LogP contribution in [0.5, 0.6) is 11.5 Å². The van der Waals surface area contributed by atoms with Crippen molar-refractivity contribution in [2.75, 3.05) is 0 Å². The zero-order valence-electron chi connectivity index (χ0n) is 21.6. The van der Waals surface area contributed by atoms with E-state index in [4.69, 9.17) is 4.74 Å². The largest absolute Gasteiger partial charge is 0.457 e. The minimum absolute atomic E-state index is 0.559. The fourth-order valence-electron chi connectivity index (χ4n) is 6.57. The highest BCUT2D eigenvalue weighted by molar-refractivity contribution is 9.10. The van der Waals surface area contributed by atoms with Crippen LogP contribution >= 0.6 is 15.9 Å². The molecule has 0 spiro atoms. The number of nitrogens with zero attached hydrogens (tertiary/aromatic N) is 1. The summed E-state index contributed by atoms with van der Waals surface area (Å²) in [5.74, 6) is 1.77. The van der Waals surface area contributed by atoms with Crippen LogP contribution < -0.4 is 4.74 Å². The van der Waals surface area contributed by atoms with Gasteiger partial charge in [-0.05, 0) is 63.5 Å². The summed E-state index contributed by atoms with van der Waals surface area (Å²) in [6, 6.07) is 51.9. The van der Waals surface area contributed by atoms with Gasteiger partial charge in [0.1, 0.15) is 11.5 Å². The molecule has 2 nitrogen and oxygen atoms in total. The van der Waals surface area contributed by atoms with Crippen molar-refractivity contribution in [1.82, 2.24) is 4.57 Å². The molecule has 0 fully saturated rings. The molecule has 0 N–H and O–H groups in total. The highest BCUT2D eigenvalue weighted by Crippen LogP contribution is 2.55. The molecule has 3 heteroatoms. The van der Waals surface area contributed by atoms with Crippen LogP contribution in [0.3, 0.4) is 0 Å². The molecule has 1 aliphatic heterocycles. The Labute approximate surface area is 241 Å². The van der Waals surface area contributed by atoms with Crippen molar-refractivity contribution in [2.45, 2.75) is 5.41 Å². The summed E-state index contributed by atoms with van der Waals surface area (Å²) < 4.78 is 9.95. The number of ether oxygens (including phenoxy) is 1. The molecule has 190 valence electrons. The fraction of sp³-hybridized carbons (Fsp3) is 0.0270. The molecule has 0 unspecified atom stereocenters. The second kappa shape index (κ2) is 8.97. The Morgan fingerprint density at radius 3 is 1.85 bits per heavy atom. The van der Waals surface area contributed by atoms with Gasteiger partial charge in [-0.25, -0.2) is 0 Å². The Morgan fingerprint density at radius 2 is 1.10 bits per heavy atom. The molecular weight excluding hydrogens is 554 g/mol. The fourth-order valence-corrected chi connectivity index (χ4v) is 7.03. The van der Waals surface area contributed by atoms with Crippen LogP contribution in [0.1, 0.15) is 22.3 Å². The van der Waals surface area contributed by atoms with Crippen LogP contribution in [0.25, 0.3) is 27.5 Å². The minimum atomic E-state index is -0.559. The van der Waals surface area contributed by atoms with Crippen LogP contribution in [-0.2, 0) is 5.41 Å². The van der Waals surface area contributed by atoms with E-state index in [0.29, 0.717) is 0 Å². The monoisotopic (exact) mass is 577 g/mol. The lowest BCUT2D eigenvalue weighted by molar-refractivity contribution is 0.434. The van der Waals surface area contributed by atoms with E-state index >= 15 is 0 Å². The molecule has 40 heavy (non-hydrogen) atoms. The smallest absolute Gasteiger partial charge is 0.132 e. The van der Waals surface area contributed by atoms with Gasteiger partial charge in [0.2, 0.25) is 0 Å². The topological polar surface area (TPSA) is 14.2 Å². The van der Waals surface area contributed by atoms with Gasteiger partial charge in [0, 0.05) is 26.4 Å². The van der Waals surface area contributed by atoms with Gasteiger partial charge in [-0.1, -0.05) is 109 Å². The molecule has 8 rings (SSSR count). The van der Waals surface area contributed by atoms with E-state index in [1.54, 1.807) is 0 Å². The number of hydrogen-bond acceptors (Lipinski definition) is 1. The molecule has 2 heterocycles. The molecule has 0 aliphatic carbocycles. The Hall–Kier alpha value is -4.60. The van der Waals surface area contributed by atoms with Gasteiger partial charge in [-0.2, -0.15) is 0 Å². The second-order valence-electron chi connectivity index (χ2n) is 10.2. The number of rotatable bonds is 3. The summed E-state index contributed by atoms with van der Waals surface area (Å²) in [4.78, 5) is 0. The van der Waals surface area contributed by atoms with Crippen molar-refractivity contribution in [3.8, 4) is 17.2 Å². The molecule has 0 radical (unpaired) electrons. The highest BCUT2D eigenvalue weighted by atomic mass is 79.9. The Bertz CT molecular complexity index is 2010. The third-order valence-electron chi connectivity index (χ3n) is 8.21. The van der Waals surface area contributed by atoms with Gasteiger partial charge in [0.25, 0.3) is 0 Å².